The SMILES string of the molecule is O=C(O)CN(C(=O)[C@H]1C[C@H]1c1ccc2c(c1)OCCO2)C1CCOCC1. The highest BCUT2D eigenvalue weighted by Crippen LogP contribution is 2.50. The Morgan fingerprint density at radius 1 is 1.08 bits per heavy atom. The van der Waals surface area contributed by atoms with Crippen molar-refractivity contribution in [3.8, 4) is 11.5 Å². The Bertz CT molecular complexity index is 699. The van der Waals surface area contributed by atoms with Crippen molar-refractivity contribution in [3.05, 3.63) is 23.8 Å². The highest BCUT2D eigenvalue weighted by atomic mass is 16.6. The van der Waals surface area contributed by atoms with Gasteiger partial charge in [-0.05, 0) is 42.9 Å². The Morgan fingerprint density at radius 3 is 2.54 bits per heavy atom. The normalized spacial score (nSPS) is 24.8. The Kier molecular flexibility index (Phi) is 4.72. The highest BCUT2D eigenvalue weighted by molar-refractivity contribution is 5.86. The van der Waals surface area contributed by atoms with E-state index >= 15 is 0 Å². The number of carboxylic acids is 1. The van der Waals surface area contributed by atoms with Crippen LogP contribution in [-0.4, -0.2) is 60.9 Å². The maximum Gasteiger partial charge on any atom is 0.323 e. The van der Waals surface area contributed by atoms with Crippen molar-refractivity contribution in [2.45, 2.75) is 31.2 Å². The molecule has 7 nitrogen and oxygen atoms in total. The van der Waals surface area contributed by atoms with Crippen LogP contribution in [0, 0.1) is 5.92 Å². The number of carbonyl (C=O) groups is 2. The van der Waals surface area contributed by atoms with Crippen LogP contribution >= 0.6 is 0 Å². The fourth-order valence-corrected chi connectivity index (χ4v) is 3.87. The molecule has 4 rings (SSSR count). The van der Waals surface area contributed by atoms with Gasteiger partial charge in [-0.15, -0.1) is 0 Å². The van der Waals surface area contributed by atoms with Crippen LogP contribution in [0.4, 0.5) is 0 Å². The number of ether oxygens (including phenoxy) is 3. The summed E-state index contributed by atoms with van der Waals surface area (Å²) < 4.78 is 16.5. The number of rotatable bonds is 5. The molecule has 0 spiro atoms. The van der Waals surface area contributed by atoms with Crippen LogP contribution in [0.2, 0.25) is 0 Å². The van der Waals surface area contributed by atoms with Crippen LogP contribution in [0.1, 0.15) is 30.7 Å². The predicted octanol–water partition coefficient (Wildman–Crippen LogP) is 1.65. The number of amides is 1. The third-order valence-corrected chi connectivity index (χ3v) is 5.32. The molecule has 1 aromatic carbocycles. The van der Waals surface area contributed by atoms with Gasteiger partial charge in [0.25, 0.3) is 0 Å². The molecule has 2 fully saturated rings. The summed E-state index contributed by atoms with van der Waals surface area (Å²) in [5.41, 5.74) is 1.05. The second-order valence-electron chi connectivity index (χ2n) is 7.06. The highest BCUT2D eigenvalue weighted by Gasteiger charge is 2.47. The molecule has 0 radical (unpaired) electrons. The molecule has 1 saturated heterocycles. The molecule has 26 heavy (non-hydrogen) atoms. The van der Waals surface area contributed by atoms with E-state index in [0.29, 0.717) is 39.3 Å². The first-order chi connectivity index (χ1) is 12.6. The summed E-state index contributed by atoms with van der Waals surface area (Å²) in [6.45, 7) is 1.98. The number of carbonyl (C=O) groups excluding carboxylic acids is 1. The lowest BCUT2D eigenvalue weighted by atomic mass is 10.0. The summed E-state index contributed by atoms with van der Waals surface area (Å²) in [6.07, 6.45) is 2.14. The van der Waals surface area contributed by atoms with E-state index in [4.69, 9.17) is 14.2 Å². The molecular formula is C19H23NO6. The number of fused-ring (bicyclic) bond motifs is 1. The van der Waals surface area contributed by atoms with Gasteiger partial charge >= 0.3 is 5.97 Å². The van der Waals surface area contributed by atoms with E-state index in [2.05, 4.69) is 0 Å². The minimum Gasteiger partial charge on any atom is -0.486 e. The lowest BCUT2D eigenvalue weighted by Gasteiger charge is -2.33. The van der Waals surface area contributed by atoms with Gasteiger partial charge < -0.3 is 24.2 Å². The Hall–Kier alpha value is -2.28. The van der Waals surface area contributed by atoms with E-state index in [-0.39, 0.29) is 30.3 Å². The summed E-state index contributed by atoms with van der Waals surface area (Å²) in [5.74, 6) is 0.395. The van der Waals surface area contributed by atoms with Crippen molar-refractivity contribution >= 4 is 11.9 Å². The quantitative estimate of drug-likeness (QED) is 0.858. The zero-order valence-electron chi connectivity index (χ0n) is 14.6. The number of benzene rings is 1. The smallest absolute Gasteiger partial charge is 0.323 e. The van der Waals surface area contributed by atoms with Gasteiger partial charge in [-0.25, -0.2) is 0 Å². The van der Waals surface area contributed by atoms with Crippen molar-refractivity contribution in [2.75, 3.05) is 33.0 Å². The zero-order valence-corrected chi connectivity index (χ0v) is 14.6. The minimum atomic E-state index is -0.971. The van der Waals surface area contributed by atoms with Crippen molar-refractivity contribution < 1.29 is 28.9 Å². The van der Waals surface area contributed by atoms with E-state index in [1.54, 1.807) is 4.90 Å². The molecule has 0 unspecified atom stereocenters. The van der Waals surface area contributed by atoms with Crippen LogP contribution in [-0.2, 0) is 14.3 Å². The molecule has 0 aromatic heterocycles. The second-order valence-corrected chi connectivity index (χ2v) is 7.06. The molecule has 1 N–H and O–H groups in total. The topological polar surface area (TPSA) is 85.3 Å². The summed E-state index contributed by atoms with van der Waals surface area (Å²) in [6, 6.07) is 5.76. The lowest BCUT2D eigenvalue weighted by molar-refractivity contribution is -0.148. The maximum absolute atomic E-state index is 13.0. The standard InChI is InChI=1S/C19H23NO6/c21-18(22)11-20(13-3-5-24-6-4-13)19(23)15-10-14(15)12-1-2-16-17(9-12)26-8-7-25-16/h1-2,9,13-15H,3-8,10-11H2,(H,21,22)/t14-,15-/m0/s1. The molecular weight excluding hydrogens is 338 g/mol. The molecule has 0 bridgehead atoms. The number of hydrogen-bond donors (Lipinski definition) is 1. The summed E-state index contributed by atoms with van der Waals surface area (Å²) in [7, 11) is 0. The van der Waals surface area contributed by atoms with E-state index in [0.717, 1.165) is 23.5 Å². The summed E-state index contributed by atoms with van der Waals surface area (Å²) >= 11 is 0. The third kappa shape index (κ3) is 3.49. The van der Waals surface area contributed by atoms with Gasteiger partial charge in [0.1, 0.15) is 19.8 Å². The van der Waals surface area contributed by atoms with E-state index in [1.807, 2.05) is 18.2 Å². The fraction of sp³-hybridized carbons (Fsp3) is 0.579. The molecule has 1 aromatic rings. The number of nitrogens with zero attached hydrogens (tertiary/aromatic N) is 1. The first-order valence-corrected chi connectivity index (χ1v) is 9.13. The average molecular weight is 361 g/mol. The van der Waals surface area contributed by atoms with E-state index in [9.17, 15) is 14.7 Å². The van der Waals surface area contributed by atoms with Crippen molar-refractivity contribution in [1.82, 2.24) is 4.90 Å². The molecule has 1 aliphatic carbocycles. The predicted molar refractivity (Wildman–Crippen MR) is 91.5 cm³/mol. The molecule has 140 valence electrons. The van der Waals surface area contributed by atoms with Gasteiger partial charge in [-0.1, -0.05) is 6.07 Å². The summed E-state index contributed by atoms with van der Waals surface area (Å²) in [5, 5.41) is 9.23. The molecule has 2 atom stereocenters. The summed E-state index contributed by atoms with van der Waals surface area (Å²) in [4.78, 5) is 25.8. The van der Waals surface area contributed by atoms with Crippen LogP contribution < -0.4 is 9.47 Å². The Balaban J connectivity index is 1.46. The number of aliphatic carboxylic acids is 1. The largest absolute Gasteiger partial charge is 0.486 e. The molecule has 2 aliphatic heterocycles. The average Bonchev–Trinajstić information content (AvgIpc) is 3.46. The fourth-order valence-electron chi connectivity index (χ4n) is 3.87. The molecule has 3 aliphatic rings. The monoisotopic (exact) mass is 361 g/mol. The van der Waals surface area contributed by atoms with Crippen molar-refractivity contribution in [1.29, 1.82) is 0 Å². The first kappa shape index (κ1) is 17.1. The number of hydrogen-bond acceptors (Lipinski definition) is 5. The minimum absolute atomic E-state index is 0.0473. The zero-order chi connectivity index (χ0) is 18.1. The van der Waals surface area contributed by atoms with Gasteiger partial charge in [-0.3, -0.25) is 9.59 Å². The first-order valence-electron chi connectivity index (χ1n) is 9.13. The lowest BCUT2D eigenvalue weighted by Crippen LogP contribution is -2.46. The van der Waals surface area contributed by atoms with Crippen LogP contribution in [0.3, 0.4) is 0 Å². The van der Waals surface area contributed by atoms with Crippen molar-refractivity contribution in [3.63, 3.8) is 0 Å². The molecule has 2 heterocycles. The van der Waals surface area contributed by atoms with Crippen LogP contribution in [0.25, 0.3) is 0 Å². The van der Waals surface area contributed by atoms with Gasteiger partial charge in [0, 0.05) is 25.2 Å². The van der Waals surface area contributed by atoms with Crippen LogP contribution in [0.5, 0.6) is 11.5 Å². The van der Waals surface area contributed by atoms with Gasteiger partial charge in [0.15, 0.2) is 11.5 Å². The Labute approximate surface area is 151 Å². The maximum atomic E-state index is 13.0. The van der Waals surface area contributed by atoms with Crippen LogP contribution in [0.15, 0.2) is 18.2 Å². The van der Waals surface area contributed by atoms with Gasteiger partial charge in [0.2, 0.25) is 5.91 Å². The Morgan fingerprint density at radius 2 is 1.81 bits per heavy atom. The molecule has 1 saturated carbocycles. The van der Waals surface area contributed by atoms with Crippen molar-refractivity contribution in [2.24, 2.45) is 5.92 Å². The molecule has 7 heteroatoms. The number of carboxylic acid groups (broad SMARTS) is 1. The van der Waals surface area contributed by atoms with E-state index in [1.165, 1.54) is 0 Å². The van der Waals surface area contributed by atoms with Gasteiger partial charge in [-0.2, -0.15) is 0 Å². The van der Waals surface area contributed by atoms with Gasteiger partial charge in [0.05, 0.1) is 0 Å². The molecule has 1 amide bonds. The third-order valence-electron chi connectivity index (χ3n) is 5.32. The van der Waals surface area contributed by atoms with E-state index < -0.39 is 5.97 Å². The second kappa shape index (κ2) is 7.15.